The average molecular weight is 370 g/mol. The molecule has 1 aromatic heterocycles. The van der Waals surface area contributed by atoms with Crippen LogP contribution in [0.5, 0.6) is 0 Å². The Morgan fingerprint density at radius 3 is 2.87 bits per heavy atom. The number of hydrogen-bond acceptors (Lipinski definition) is 5. The minimum absolute atomic E-state index is 0.0113. The Bertz CT molecular complexity index is 896. The molecule has 23 heavy (non-hydrogen) atoms. The minimum Gasteiger partial charge on any atom is -0.332 e. The second-order valence-electron chi connectivity index (χ2n) is 5.57. The van der Waals surface area contributed by atoms with Crippen LogP contribution in [0.1, 0.15) is 0 Å². The van der Waals surface area contributed by atoms with Gasteiger partial charge in [-0.1, -0.05) is 29.8 Å². The molecule has 6 nitrogen and oxygen atoms in total. The molecule has 1 aromatic carbocycles. The van der Waals surface area contributed by atoms with Gasteiger partial charge in [-0.3, -0.25) is 4.90 Å². The number of carbonyl (C=O) groups excluding carboxylic acids is 1. The van der Waals surface area contributed by atoms with E-state index in [0.717, 1.165) is 5.56 Å². The van der Waals surface area contributed by atoms with E-state index in [0.29, 0.717) is 15.8 Å². The summed E-state index contributed by atoms with van der Waals surface area (Å²) in [5.74, 6) is -0.0416. The summed E-state index contributed by atoms with van der Waals surface area (Å²) in [5.41, 5.74) is 1.46. The van der Waals surface area contributed by atoms with E-state index in [4.69, 9.17) is 11.6 Å². The monoisotopic (exact) mass is 369 g/mol. The number of carbonyl (C=O) groups is 1. The molecule has 9 heteroatoms. The van der Waals surface area contributed by atoms with Gasteiger partial charge in [0.2, 0.25) is 0 Å². The van der Waals surface area contributed by atoms with Crippen LogP contribution in [0.3, 0.4) is 0 Å². The number of hydrogen-bond donors (Lipinski definition) is 1. The Morgan fingerprint density at radius 1 is 1.30 bits per heavy atom. The molecule has 0 saturated carbocycles. The van der Waals surface area contributed by atoms with E-state index in [1.54, 1.807) is 6.07 Å². The molecule has 120 valence electrons. The van der Waals surface area contributed by atoms with Gasteiger partial charge in [-0.15, -0.1) is 11.3 Å². The largest absolute Gasteiger partial charge is 0.332 e. The summed E-state index contributed by atoms with van der Waals surface area (Å²) in [6.45, 7) is 0. The smallest absolute Gasteiger partial charge is 0.324 e. The van der Waals surface area contributed by atoms with Crippen LogP contribution < -0.4 is 10.2 Å². The third-order valence-electron chi connectivity index (χ3n) is 4.03. The van der Waals surface area contributed by atoms with Crippen molar-refractivity contribution >= 4 is 43.9 Å². The van der Waals surface area contributed by atoms with Crippen molar-refractivity contribution in [3.63, 3.8) is 0 Å². The number of rotatable bonds is 2. The highest BCUT2D eigenvalue weighted by Crippen LogP contribution is 2.35. The van der Waals surface area contributed by atoms with Gasteiger partial charge in [-0.05, 0) is 6.07 Å². The molecule has 0 spiro atoms. The van der Waals surface area contributed by atoms with E-state index in [1.165, 1.54) is 16.2 Å². The number of nitrogens with one attached hydrogen (secondary N) is 1. The lowest BCUT2D eigenvalue weighted by molar-refractivity contribution is 0.251. The van der Waals surface area contributed by atoms with Gasteiger partial charge in [-0.2, -0.15) is 0 Å². The Morgan fingerprint density at radius 2 is 2.09 bits per heavy atom. The zero-order valence-electron chi connectivity index (χ0n) is 11.8. The SMILES string of the molecule is O=C1NC2CS(=O)(=O)CC2N1c1nc(-c2ccccc2Cl)cs1. The van der Waals surface area contributed by atoms with Gasteiger partial charge < -0.3 is 5.32 Å². The molecule has 2 aliphatic rings. The molecule has 2 aromatic rings. The van der Waals surface area contributed by atoms with Gasteiger partial charge in [0, 0.05) is 16.0 Å². The Balaban J connectivity index is 1.69. The third-order valence-corrected chi connectivity index (χ3v) is 6.92. The van der Waals surface area contributed by atoms with Crippen molar-refractivity contribution in [1.29, 1.82) is 0 Å². The van der Waals surface area contributed by atoms with Crippen LogP contribution in [0, 0.1) is 0 Å². The standard InChI is InChI=1S/C14H12ClN3O3S2/c15-9-4-2-1-3-8(9)10-5-22-14(17-10)18-12-7-23(20,21)6-11(12)16-13(18)19/h1-5,11-12H,6-7H2,(H,16,19). The minimum atomic E-state index is -3.12. The molecule has 0 aliphatic carbocycles. The van der Waals surface area contributed by atoms with Crippen molar-refractivity contribution < 1.29 is 13.2 Å². The van der Waals surface area contributed by atoms with Crippen LogP contribution in [0.25, 0.3) is 11.3 Å². The number of amides is 2. The lowest BCUT2D eigenvalue weighted by Crippen LogP contribution is -2.36. The van der Waals surface area contributed by atoms with Crippen molar-refractivity contribution in [1.82, 2.24) is 10.3 Å². The molecule has 0 radical (unpaired) electrons. The molecule has 2 aliphatic heterocycles. The number of anilines is 1. The molecule has 2 amide bonds. The van der Waals surface area contributed by atoms with Crippen molar-refractivity contribution in [3.05, 3.63) is 34.7 Å². The van der Waals surface area contributed by atoms with Gasteiger partial charge in [0.15, 0.2) is 15.0 Å². The second kappa shape index (κ2) is 5.19. The third kappa shape index (κ3) is 2.50. The number of benzene rings is 1. The first-order valence-corrected chi connectivity index (χ1v) is 10.0. The second-order valence-corrected chi connectivity index (χ2v) is 8.96. The van der Waals surface area contributed by atoms with E-state index < -0.39 is 15.9 Å². The predicted octanol–water partition coefficient (Wildman–Crippen LogP) is 2.16. The molecular weight excluding hydrogens is 358 g/mol. The summed E-state index contributed by atoms with van der Waals surface area (Å²) >= 11 is 7.48. The van der Waals surface area contributed by atoms with Crippen LogP contribution in [-0.4, -0.2) is 43.0 Å². The van der Waals surface area contributed by atoms with E-state index in [-0.39, 0.29) is 23.6 Å². The number of nitrogens with zero attached hydrogens (tertiary/aromatic N) is 2. The van der Waals surface area contributed by atoms with Crippen LogP contribution >= 0.6 is 22.9 Å². The van der Waals surface area contributed by atoms with Crippen molar-refractivity contribution in [2.45, 2.75) is 12.1 Å². The zero-order valence-corrected chi connectivity index (χ0v) is 14.2. The lowest BCUT2D eigenvalue weighted by Gasteiger charge is -2.17. The predicted molar refractivity (Wildman–Crippen MR) is 89.8 cm³/mol. The molecule has 2 atom stereocenters. The number of urea groups is 1. The molecule has 2 saturated heterocycles. The summed E-state index contributed by atoms with van der Waals surface area (Å²) in [6.07, 6.45) is 0. The summed E-state index contributed by atoms with van der Waals surface area (Å²) in [5, 5.41) is 5.62. The van der Waals surface area contributed by atoms with Gasteiger partial charge >= 0.3 is 6.03 Å². The summed E-state index contributed by atoms with van der Waals surface area (Å²) < 4.78 is 23.6. The maximum Gasteiger partial charge on any atom is 0.324 e. The van der Waals surface area contributed by atoms with Crippen LogP contribution in [0.15, 0.2) is 29.6 Å². The zero-order chi connectivity index (χ0) is 16.2. The van der Waals surface area contributed by atoms with Gasteiger partial charge in [0.25, 0.3) is 0 Å². The number of fused-ring (bicyclic) bond motifs is 1. The molecule has 0 bridgehead atoms. The molecule has 3 heterocycles. The quantitative estimate of drug-likeness (QED) is 0.823. The van der Waals surface area contributed by atoms with Crippen LogP contribution in [-0.2, 0) is 9.84 Å². The topological polar surface area (TPSA) is 79.4 Å². The van der Waals surface area contributed by atoms with E-state index in [2.05, 4.69) is 10.3 Å². The van der Waals surface area contributed by atoms with E-state index in [1.807, 2.05) is 23.6 Å². The first-order chi connectivity index (χ1) is 10.9. The number of sulfone groups is 1. The normalized spacial score (nSPS) is 25.4. The maximum absolute atomic E-state index is 12.2. The van der Waals surface area contributed by atoms with Gasteiger partial charge in [-0.25, -0.2) is 18.2 Å². The van der Waals surface area contributed by atoms with Crippen molar-refractivity contribution in [3.8, 4) is 11.3 Å². The first-order valence-electron chi connectivity index (χ1n) is 6.95. The van der Waals surface area contributed by atoms with Crippen LogP contribution in [0.2, 0.25) is 5.02 Å². The van der Waals surface area contributed by atoms with Crippen molar-refractivity contribution in [2.75, 3.05) is 16.4 Å². The molecule has 2 fully saturated rings. The molecule has 4 rings (SSSR count). The number of aromatic nitrogens is 1. The fourth-order valence-electron chi connectivity index (χ4n) is 3.00. The van der Waals surface area contributed by atoms with E-state index >= 15 is 0 Å². The molecule has 2 unspecified atom stereocenters. The fourth-order valence-corrected chi connectivity index (χ4v) is 6.00. The van der Waals surface area contributed by atoms with Gasteiger partial charge in [0.1, 0.15) is 0 Å². The van der Waals surface area contributed by atoms with Crippen LogP contribution in [0.4, 0.5) is 9.93 Å². The van der Waals surface area contributed by atoms with Gasteiger partial charge in [0.05, 0.1) is 29.3 Å². The highest BCUT2D eigenvalue weighted by atomic mass is 35.5. The lowest BCUT2D eigenvalue weighted by atomic mass is 10.2. The number of thiazole rings is 1. The molecular formula is C14H12ClN3O3S2. The highest BCUT2D eigenvalue weighted by Gasteiger charge is 2.50. The summed E-state index contributed by atoms with van der Waals surface area (Å²) in [6, 6.07) is 6.28. The maximum atomic E-state index is 12.2. The fraction of sp³-hybridized carbons (Fsp3) is 0.286. The van der Waals surface area contributed by atoms with E-state index in [9.17, 15) is 13.2 Å². The highest BCUT2D eigenvalue weighted by molar-refractivity contribution is 7.91. The Labute approximate surface area is 142 Å². The summed E-state index contributed by atoms with van der Waals surface area (Å²) in [7, 11) is -3.12. The molecule has 1 N–H and O–H groups in total. The van der Waals surface area contributed by atoms with Crippen molar-refractivity contribution in [2.24, 2.45) is 0 Å². The summed E-state index contributed by atoms with van der Waals surface area (Å²) in [4.78, 5) is 18.1. The number of halogens is 1. The first kappa shape index (κ1) is 14.9. The Hall–Kier alpha value is -1.64. The Kier molecular flexibility index (Phi) is 3.36. The average Bonchev–Trinajstić information content (AvgIpc) is 3.11.